The minimum Gasteiger partial charge on any atom is -0.497 e. The van der Waals surface area contributed by atoms with Gasteiger partial charge in [-0.3, -0.25) is 9.78 Å². The molecule has 1 heterocycles. The van der Waals surface area contributed by atoms with Crippen LogP contribution in [0.3, 0.4) is 0 Å². The predicted octanol–water partition coefficient (Wildman–Crippen LogP) is 3.29. The average molecular weight is 307 g/mol. The van der Waals surface area contributed by atoms with Crippen molar-refractivity contribution in [1.82, 2.24) is 4.98 Å². The number of fused-ring (bicyclic) bond motifs is 1. The van der Waals surface area contributed by atoms with Crippen LogP contribution in [0.15, 0.2) is 60.8 Å². The first-order valence-electron chi connectivity index (χ1n) is 7.28. The van der Waals surface area contributed by atoms with Gasteiger partial charge in [-0.1, -0.05) is 24.3 Å². The molecule has 23 heavy (non-hydrogen) atoms. The minimum atomic E-state index is -0.133. The fourth-order valence-electron chi connectivity index (χ4n) is 2.31. The first-order valence-corrected chi connectivity index (χ1v) is 7.28. The Balaban J connectivity index is 1.67. The third-order valence-electron chi connectivity index (χ3n) is 3.43. The lowest BCUT2D eigenvalue weighted by Crippen LogP contribution is -2.21. The highest BCUT2D eigenvalue weighted by Crippen LogP contribution is 2.20. The lowest BCUT2D eigenvalue weighted by atomic mass is 10.2. The van der Waals surface area contributed by atoms with Crippen molar-refractivity contribution in [3.63, 3.8) is 0 Å². The van der Waals surface area contributed by atoms with E-state index >= 15 is 0 Å². The van der Waals surface area contributed by atoms with Crippen LogP contribution in [-0.4, -0.2) is 24.5 Å². The van der Waals surface area contributed by atoms with Crippen molar-refractivity contribution in [3.05, 3.63) is 60.8 Å². The Morgan fingerprint density at radius 2 is 1.96 bits per heavy atom. The minimum absolute atomic E-state index is 0.133. The SMILES string of the molecule is COc1cccc(NCC(=O)Nc2cccc3cccnc23)c1. The second kappa shape index (κ2) is 6.79. The van der Waals surface area contributed by atoms with Crippen LogP contribution in [0, 0.1) is 0 Å². The Hall–Kier alpha value is -3.08. The van der Waals surface area contributed by atoms with Crippen LogP contribution in [0.1, 0.15) is 0 Å². The quantitative estimate of drug-likeness (QED) is 0.759. The number of nitrogens with one attached hydrogen (secondary N) is 2. The number of anilines is 2. The molecule has 0 aliphatic heterocycles. The number of rotatable bonds is 5. The maximum absolute atomic E-state index is 12.2. The van der Waals surface area contributed by atoms with Crippen molar-refractivity contribution in [3.8, 4) is 5.75 Å². The summed E-state index contributed by atoms with van der Waals surface area (Å²) in [6.45, 7) is 0.163. The molecular formula is C18H17N3O2. The summed E-state index contributed by atoms with van der Waals surface area (Å²) in [7, 11) is 1.61. The summed E-state index contributed by atoms with van der Waals surface area (Å²) in [6.07, 6.45) is 1.71. The van der Waals surface area contributed by atoms with E-state index in [0.29, 0.717) is 5.69 Å². The van der Waals surface area contributed by atoms with Crippen molar-refractivity contribution in [2.75, 3.05) is 24.3 Å². The van der Waals surface area contributed by atoms with Crippen molar-refractivity contribution >= 4 is 28.2 Å². The number of ether oxygens (including phenoxy) is 1. The van der Waals surface area contributed by atoms with Crippen LogP contribution in [0.2, 0.25) is 0 Å². The van der Waals surface area contributed by atoms with E-state index < -0.39 is 0 Å². The van der Waals surface area contributed by atoms with Gasteiger partial charge in [0.1, 0.15) is 5.75 Å². The lowest BCUT2D eigenvalue weighted by molar-refractivity contribution is -0.114. The van der Waals surface area contributed by atoms with Crippen molar-refractivity contribution < 1.29 is 9.53 Å². The lowest BCUT2D eigenvalue weighted by Gasteiger charge is -2.10. The number of hydrogen-bond acceptors (Lipinski definition) is 4. The molecule has 0 aliphatic rings. The monoisotopic (exact) mass is 307 g/mol. The number of pyridine rings is 1. The Kier molecular flexibility index (Phi) is 4.38. The zero-order valence-electron chi connectivity index (χ0n) is 12.7. The molecule has 3 aromatic rings. The van der Waals surface area contributed by atoms with E-state index in [9.17, 15) is 4.79 Å². The van der Waals surface area contributed by atoms with E-state index in [1.54, 1.807) is 13.3 Å². The van der Waals surface area contributed by atoms with Crippen LogP contribution >= 0.6 is 0 Å². The van der Waals surface area contributed by atoms with E-state index in [4.69, 9.17) is 4.74 Å². The zero-order chi connectivity index (χ0) is 16.1. The molecule has 0 saturated heterocycles. The third kappa shape index (κ3) is 3.58. The number of carbonyl (C=O) groups is 1. The molecule has 3 rings (SSSR count). The highest BCUT2D eigenvalue weighted by molar-refractivity contribution is 6.01. The van der Waals surface area contributed by atoms with Gasteiger partial charge in [0.15, 0.2) is 0 Å². The summed E-state index contributed by atoms with van der Waals surface area (Å²) >= 11 is 0. The van der Waals surface area contributed by atoms with Gasteiger partial charge >= 0.3 is 0 Å². The maximum atomic E-state index is 12.2. The number of methoxy groups -OCH3 is 1. The van der Waals surface area contributed by atoms with E-state index in [1.165, 1.54) is 0 Å². The molecule has 2 N–H and O–H groups in total. The van der Waals surface area contributed by atoms with Gasteiger partial charge in [-0.2, -0.15) is 0 Å². The Morgan fingerprint density at radius 1 is 1.13 bits per heavy atom. The molecule has 2 aromatic carbocycles. The summed E-state index contributed by atoms with van der Waals surface area (Å²) in [5.41, 5.74) is 2.32. The summed E-state index contributed by atoms with van der Waals surface area (Å²) in [5.74, 6) is 0.611. The molecule has 5 heteroatoms. The topological polar surface area (TPSA) is 63.2 Å². The first kappa shape index (κ1) is 14.8. The summed E-state index contributed by atoms with van der Waals surface area (Å²) in [5, 5.41) is 6.96. The van der Waals surface area contributed by atoms with E-state index in [2.05, 4.69) is 15.6 Å². The van der Waals surface area contributed by atoms with Gasteiger partial charge in [-0.15, -0.1) is 0 Å². The van der Waals surface area contributed by atoms with E-state index in [0.717, 1.165) is 22.3 Å². The van der Waals surface area contributed by atoms with Crippen LogP contribution < -0.4 is 15.4 Å². The molecule has 0 bridgehead atoms. The first-order chi connectivity index (χ1) is 11.3. The smallest absolute Gasteiger partial charge is 0.243 e. The van der Waals surface area contributed by atoms with Crippen LogP contribution in [0.25, 0.3) is 10.9 Å². The fraction of sp³-hybridized carbons (Fsp3) is 0.111. The summed E-state index contributed by atoms with van der Waals surface area (Å²) in [6, 6.07) is 17.0. The molecule has 0 aliphatic carbocycles. The normalized spacial score (nSPS) is 10.3. The second-order valence-corrected chi connectivity index (χ2v) is 5.01. The van der Waals surface area contributed by atoms with Crippen LogP contribution in [0.5, 0.6) is 5.75 Å². The van der Waals surface area contributed by atoms with Crippen molar-refractivity contribution in [2.24, 2.45) is 0 Å². The number of aromatic nitrogens is 1. The number of amides is 1. The highest BCUT2D eigenvalue weighted by atomic mass is 16.5. The molecule has 116 valence electrons. The van der Waals surface area contributed by atoms with Crippen molar-refractivity contribution in [2.45, 2.75) is 0 Å². The summed E-state index contributed by atoms with van der Waals surface area (Å²) in [4.78, 5) is 16.5. The van der Waals surface area contributed by atoms with E-state index in [-0.39, 0.29) is 12.5 Å². The average Bonchev–Trinajstić information content (AvgIpc) is 2.60. The Morgan fingerprint density at radius 3 is 2.83 bits per heavy atom. The number of nitrogens with zero attached hydrogens (tertiary/aromatic N) is 1. The maximum Gasteiger partial charge on any atom is 0.243 e. The number of carbonyl (C=O) groups excluding carboxylic acids is 1. The highest BCUT2D eigenvalue weighted by Gasteiger charge is 2.06. The largest absolute Gasteiger partial charge is 0.497 e. The molecule has 0 fully saturated rings. The molecule has 1 aromatic heterocycles. The molecular weight excluding hydrogens is 290 g/mol. The molecule has 5 nitrogen and oxygen atoms in total. The van der Waals surface area contributed by atoms with E-state index in [1.807, 2.05) is 54.6 Å². The Labute approximate surface area is 134 Å². The molecule has 0 atom stereocenters. The van der Waals surface area contributed by atoms with Gasteiger partial charge in [0.05, 0.1) is 24.9 Å². The van der Waals surface area contributed by atoms with Gasteiger partial charge < -0.3 is 15.4 Å². The molecule has 0 unspecified atom stereocenters. The molecule has 1 amide bonds. The number of hydrogen-bond donors (Lipinski definition) is 2. The van der Waals surface area contributed by atoms with Gasteiger partial charge in [-0.05, 0) is 24.3 Å². The predicted molar refractivity (Wildman–Crippen MR) is 91.9 cm³/mol. The number of para-hydroxylation sites is 1. The summed E-state index contributed by atoms with van der Waals surface area (Å²) < 4.78 is 5.16. The van der Waals surface area contributed by atoms with Gasteiger partial charge in [0.25, 0.3) is 0 Å². The zero-order valence-corrected chi connectivity index (χ0v) is 12.7. The second-order valence-electron chi connectivity index (χ2n) is 5.01. The molecule has 0 spiro atoms. The van der Waals surface area contributed by atoms with Gasteiger partial charge in [-0.25, -0.2) is 0 Å². The third-order valence-corrected chi connectivity index (χ3v) is 3.43. The Bertz CT molecular complexity index is 828. The standard InChI is InChI=1S/C18H17N3O2/c1-23-15-8-3-7-14(11-15)20-12-17(22)21-16-9-2-5-13-6-4-10-19-18(13)16/h2-11,20H,12H2,1H3,(H,21,22). The fourth-order valence-corrected chi connectivity index (χ4v) is 2.31. The molecule has 0 radical (unpaired) electrons. The molecule has 0 saturated carbocycles. The van der Waals surface area contributed by atoms with Crippen molar-refractivity contribution in [1.29, 1.82) is 0 Å². The van der Waals surface area contributed by atoms with Gasteiger partial charge in [0.2, 0.25) is 5.91 Å². The number of benzene rings is 2. The van der Waals surface area contributed by atoms with Crippen LogP contribution in [-0.2, 0) is 4.79 Å². The van der Waals surface area contributed by atoms with Gasteiger partial charge in [0, 0.05) is 23.3 Å². The van der Waals surface area contributed by atoms with Crippen LogP contribution in [0.4, 0.5) is 11.4 Å².